The van der Waals surface area contributed by atoms with Crippen LogP contribution in [0.4, 0.5) is 0 Å². The molecule has 1 atom stereocenters. The molecular weight excluding hydrogens is 310 g/mol. The van der Waals surface area contributed by atoms with Crippen LogP contribution in [0.15, 0.2) is 41.8 Å². The van der Waals surface area contributed by atoms with E-state index >= 15 is 0 Å². The van der Waals surface area contributed by atoms with Gasteiger partial charge in [0.15, 0.2) is 5.16 Å². The summed E-state index contributed by atoms with van der Waals surface area (Å²) in [6, 6.07) is 7.97. The highest BCUT2D eigenvalue weighted by atomic mass is 32.2. The zero-order valence-corrected chi connectivity index (χ0v) is 14.0. The zero-order valence-electron chi connectivity index (χ0n) is 13.2. The third-order valence-corrected chi connectivity index (χ3v) is 5.00. The van der Waals surface area contributed by atoms with Crippen LogP contribution in [0.1, 0.15) is 12.0 Å². The van der Waals surface area contributed by atoms with Crippen LogP contribution in [-0.4, -0.2) is 34.4 Å². The van der Waals surface area contributed by atoms with Gasteiger partial charge in [-0.2, -0.15) is 0 Å². The number of para-hydroxylation sites is 1. The number of aryl methyl sites for hydroxylation is 1. The van der Waals surface area contributed by atoms with Gasteiger partial charge in [-0.05, 0) is 24.5 Å². The summed E-state index contributed by atoms with van der Waals surface area (Å²) in [6.07, 6.45) is 5.20. The van der Waals surface area contributed by atoms with Crippen molar-refractivity contribution in [3.05, 3.63) is 42.2 Å². The molecule has 0 unspecified atom stereocenters. The summed E-state index contributed by atoms with van der Waals surface area (Å²) >= 11 is 1.65. The number of thioether (sulfide) groups is 1. The number of carbonyl (C=O) groups excluding carboxylic acids is 1. The minimum Gasteiger partial charge on any atom is -0.493 e. The molecule has 0 aliphatic carbocycles. The molecule has 1 aromatic carbocycles. The molecule has 2 heterocycles. The number of rotatable bonds is 5. The molecule has 0 saturated heterocycles. The van der Waals surface area contributed by atoms with Crippen molar-refractivity contribution < 1.29 is 9.53 Å². The van der Waals surface area contributed by atoms with E-state index in [-0.39, 0.29) is 11.8 Å². The third-order valence-electron chi connectivity index (χ3n) is 3.94. The molecule has 0 bridgehead atoms. The van der Waals surface area contributed by atoms with E-state index in [0.29, 0.717) is 13.2 Å². The van der Waals surface area contributed by atoms with Gasteiger partial charge >= 0.3 is 0 Å². The largest absolute Gasteiger partial charge is 0.493 e. The summed E-state index contributed by atoms with van der Waals surface area (Å²) in [5.41, 5.74) is 1.12. The number of imidazole rings is 1. The maximum absolute atomic E-state index is 12.4. The molecule has 0 spiro atoms. The molecule has 6 heteroatoms. The van der Waals surface area contributed by atoms with E-state index < -0.39 is 0 Å². The molecule has 3 rings (SSSR count). The number of amides is 1. The summed E-state index contributed by atoms with van der Waals surface area (Å²) < 4.78 is 7.70. The Hall–Kier alpha value is -1.95. The molecule has 0 fully saturated rings. The maximum atomic E-state index is 12.4. The monoisotopic (exact) mass is 331 g/mol. The van der Waals surface area contributed by atoms with E-state index in [1.807, 2.05) is 42.1 Å². The van der Waals surface area contributed by atoms with E-state index in [1.165, 1.54) is 0 Å². The normalized spacial score (nSPS) is 17.0. The number of ether oxygens (including phenoxy) is 1. The topological polar surface area (TPSA) is 56.2 Å². The number of nitrogens with zero attached hydrogens (tertiary/aromatic N) is 2. The first-order valence-electron chi connectivity index (χ1n) is 7.82. The maximum Gasteiger partial charge on any atom is 0.223 e. The highest BCUT2D eigenvalue weighted by molar-refractivity contribution is 7.99. The van der Waals surface area contributed by atoms with Crippen LogP contribution in [0.5, 0.6) is 5.75 Å². The molecule has 1 aliphatic rings. The van der Waals surface area contributed by atoms with Gasteiger partial charge < -0.3 is 14.6 Å². The molecule has 23 heavy (non-hydrogen) atoms. The molecule has 1 amide bonds. The highest BCUT2D eigenvalue weighted by Gasteiger charge is 2.23. The molecule has 2 aromatic rings. The lowest BCUT2D eigenvalue weighted by atomic mass is 9.96. The van der Waals surface area contributed by atoms with Gasteiger partial charge in [-0.15, -0.1) is 0 Å². The van der Waals surface area contributed by atoms with Crippen LogP contribution in [0.2, 0.25) is 0 Å². The third kappa shape index (κ3) is 4.07. The molecular formula is C17H21N3O2S. The second-order valence-electron chi connectivity index (χ2n) is 5.61. The molecule has 0 saturated carbocycles. The van der Waals surface area contributed by atoms with Gasteiger partial charge in [-0.1, -0.05) is 30.0 Å². The van der Waals surface area contributed by atoms with Gasteiger partial charge in [-0.3, -0.25) is 4.79 Å². The van der Waals surface area contributed by atoms with Gasteiger partial charge in [0.1, 0.15) is 5.75 Å². The molecule has 1 aliphatic heterocycles. The second kappa shape index (κ2) is 7.55. The predicted octanol–water partition coefficient (Wildman–Crippen LogP) is 2.27. The Morgan fingerprint density at radius 3 is 3.17 bits per heavy atom. The number of nitrogens with one attached hydrogen (secondary N) is 1. The average molecular weight is 331 g/mol. The van der Waals surface area contributed by atoms with E-state index in [4.69, 9.17) is 4.74 Å². The lowest BCUT2D eigenvalue weighted by Gasteiger charge is -2.13. The van der Waals surface area contributed by atoms with Crippen LogP contribution in [0.25, 0.3) is 0 Å². The van der Waals surface area contributed by atoms with Crippen molar-refractivity contribution in [2.45, 2.75) is 18.0 Å². The first kappa shape index (κ1) is 15.9. The molecule has 0 radical (unpaired) electrons. The fourth-order valence-corrected chi connectivity index (χ4v) is 3.45. The van der Waals surface area contributed by atoms with Gasteiger partial charge in [0, 0.05) is 37.7 Å². The Morgan fingerprint density at radius 1 is 1.48 bits per heavy atom. The van der Waals surface area contributed by atoms with Crippen molar-refractivity contribution in [3.8, 4) is 5.75 Å². The second-order valence-corrected chi connectivity index (χ2v) is 6.67. The SMILES string of the molecule is Cn1ccnc1SCCNC(=O)[C@H]1CCOc2ccccc2C1. The van der Waals surface area contributed by atoms with Crippen molar-refractivity contribution in [2.75, 3.05) is 18.9 Å². The van der Waals surface area contributed by atoms with Gasteiger partial charge in [0.05, 0.1) is 6.61 Å². The predicted molar refractivity (Wildman–Crippen MR) is 90.7 cm³/mol. The summed E-state index contributed by atoms with van der Waals surface area (Å²) in [6.45, 7) is 1.24. The fourth-order valence-electron chi connectivity index (χ4n) is 2.67. The number of carbonyl (C=O) groups is 1. The Balaban J connectivity index is 1.48. The van der Waals surface area contributed by atoms with E-state index in [1.54, 1.807) is 18.0 Å². The number of hydrogen-bond donors (Lipinski definition) is 1. The molecule has 122 valence electrons. The Kier molecular flexibility index (Phi) is 5.23. The van der Waals surface area contributed by atoms with Gasteiger partial charge in [0.25, 0.3) is 0 Å². The Labute approximate surface area is 140 Å². The van der Waals surface area contributed by atoms with Crippen molar-refractivity contribution in [1.82, 2.24) is 14.9 Å². The first-order valence-corrected chi connectivity index (χ1v) is 8.81. The summed E-state index contributed by atoms with van der Waals surface area (Å²) in [4.78, 5) is 16.6. The van der Waals surface area contributed by atoms with Gasteiger partial charge in [-0.25, -0.2) is 4.98 Å². The van der Waals surface area contributed by atoms with Crippen molar-refractivity contribution >= 4 is 17.7 Å². The molecule has 1 N–H and O–H groups in total. The van der Waals surface area contributed by atoms with E-state index in [0.717, 1.165) is 35.1 Å². The Morgan fingerprint density at radius 2 is 2.35 bits per heavy atom. The lowest BCUT2D eigenvalue weighted by molar-refractivity contribution is -0.125. The lowest BCUT2D eigenvalue weighted by Crippen LogP contribution is -2.33. The summed E-state index contributed by atoms with van der Waals surface area (Å²) in [5, 5.41) is 4.01. The minimum absolute atomic E-state index is 0.0168. The van der Waals surface area contributed by atoms with Crippen LogP contribution < -0.4 is 10.1 Å². The molecule has 1 aromatic heterocycles. The van der Waals surface area contributed by atoms with E-state index in [2.05, 4.69) is 10.3 Å². The standard InChI is InChI=1S/C17H21N3O2S/c1-20-9-7-19-17(20)23-11-8-18-16(21)14-6-10-22-15-5-3-2-4-13(15)12-14/h2-5,7,9,14H,6,8,10-12H2,1H3,(H,18,21)/t14-/m0/s1. The minimum atomic E-state index is -0.0168. The highest BCUT2D eigenvalue weighted by Crippen LogP contribution is 2.26. The van der Waals surface area contributed by atoms with E-state index in [9.17, 15) is 4.79 Å². The van der Waals surface area contributed by atoms with Crippen LogP contribution in [0, 0.1) is 5.92 Å². The smallest absolute Gasteiger partial charge is 0.223 e. The number of aromatic nitrogens is 2. The van der Waals surface area contributed by atoms with Gasteiger partial charge in [0.2, 0.25) is 5.91 Å². The van der Waals surface area contributed by atoms with Crippen molar-refractivity contribution in [2.24, 2.45) is 13.0 Å². The summed E-state index contributed by atoms with van der Waals surface area (Å²) in [7, 11) is 1.97. The van der Waals surface area contributed by atoms with Crippen LogP contribution in [0.3, 0.4) is 0 Å². The van der Waals surface area contributed by atoms with Crippen LogP contribution in [-0.2, 0) is 18.3 Å². The Bertz CT molecular complexity index is 671. The summed E-state index contributed by atoms with van der Waals surface area (Å²) in [5.74, 6) is 1.83. The number of hydrogen-bond acceptors (Lipinski definition) is 4. The fraction of sp³-hybridized carbons (Fsp3) is 0.412. The van der Waals surface area contributed by atoms with Crippen LogP contribution >= 0.6 is 11.8 Å². The first-order chi connectivity index (χ1) is 11.2. The van der Waals surface area contributed by atoms with Crippen molar-refractivity contribution in [1.29, 1.82) is 0 Å². The average Bonchev–Trinajstić information content (AvgIpc) is 2.84. The number of benzene rings is 1. The zero-order chi connectivity index (χ0) is 16.1. The quantitative estimate of drug-likeness (QED) is 0.674. The number of fused-ring (bicyclic) bond motifs is 1. The molecule has 5 nitrogen and oxygen atoms in total. The van der Waals surface area contributed by atoms with Crippen molar-refractivity contribution in [3.63, 3.8) is 0 Å².